The van der Waals surface area contributed by atoms with E-state index < -0.39 is 5.79 Å². The number of pyridine rings is 1. The van der Waals surface area contributed by atoms with Crippen molar-refractivity contribution < 1.29 is 14.3 Å². The van der Waals surface area contributed by atoms with Crippen LogP contribution in [0.3, 0.4) is 0 Å². The summed E-state index contributed by atoms with van der Waals surface area (Å²) in [4.78, 5) is 21.1. The highest BCUT2D eigenvalue weighted by atomic mass is 16.7. The molecule has 0 saturated carbocycles. The normalized spacial score (nSPS) is 18.6. The van der Waals surface area contributed by atoms with Crippen LogP contribution in [0, 0.1) is 0 Å². The summed E-state index contributed by atoms with van der Waals surface area (Å²) in [5, 5.41) is 0. The van der Waals surface area contributed by atoms with E-state index in [1.165, 1.54) is 0 Å². The summed E-state index contributed by atoms with van der Waals surface area (Å²) in [6.45, 7) is 3.62. The summed E-state index contributed by atoms with van der Waals surface area (Å²) in [6, 6.07) is 13.8. The Labute approximate surface area is 159 Å². The molecule has 1 aromatic heterocycles. The molecule has 27 heavy (non-hydrogen) atoms. The lowest BCUT2D eigenvalue weighted by Gasteiger charge is -2.38. The number of piperidine rings is 1. The van der Waals surface area contributed by atoms with Crippen LogP contribution in [0.1, 0.15) is 28.9 Å². The minimum atomic E-state index is -0.391. The van der Waals surface area contributed by atoms with Gasteiger partial charge in [-0.25, -0.2) is 0 Å². The lowest BCUT2D eigenvalue weighted by Crippen LogP contribution is -2.45. The smallest absolute Gasteiger partial charge is 0.272 e. The molecule has 1 aromatic carbocycles. The Balaban J connectivity index is 1.42. The molecule has 3 heterocycles. The van der Waals surface area contributed by atoms with Crippen LogP contribution in [0.4, 0.5) is 5.69 Å². The topological polar surface area (TPSA) is 54.9 Å². The molecule has 142 valence electrons. The number of hydrogen-bond acceptors (Lipinski definition) is 5. The molecular formula is C21H25N3O3. The lowest BCUT2D eigenvalue weighted by atomic mass is 10.0. The minimum Gasteiger partial charge on any atom is -0.371 e. The Bertz CT molecular complexity index is 780. The Kier molecular flexibility index (Phi) is 5.09. The van der Waals surface area contributed by atoms with Gasteiger partial charge in [0, 0.05) is 51.4 Å². The molecule has 2 aromatic rings. The molecule has 0 bridgehead atoms. The Morgan fingerprint density at radius 2 is 1.85 bits per heavy atom. The van der Waals surface area contributed by atoms with Crippen LogP contribution >= 0.6 is 0 Å². The van der Waals surface area contributed by atoms with Gasteiger partial charge in [0.1, 0.15) is 5.69 Å². The molecule has 0 unspecified atom stereocenters. The maximum Gasteiger partial charge on any atom is 0.272 e. The average Bonchev–Trinajstić information content (AvgIpc) is 3.17. The molecular weight excluding hydrogens is 342 g/mol. The molecule has 2 aliphatic heterocycles. The van der Waals surface area contributed by atoms with Crippen LogP contribution < -0.4 is 4.90 Å². The third-order valence-electron chi connectivity index (χ3n) is 5.28. The molecule has 1 amide bonds. The van der Waals surface area contributed by atoms with E-state index in [1.807, 2.05) is 49.5 Å². The maximum absolute atomic E-state index is 12.8. The standard InChI is InChI=1S/C21H25N3O3/c1-23(16-17-5-3-2-4-6-17)20(25)19-15-18(7-10-22-19)24-11-8-21(9-12-24)26-13-14-27-21/h2-7,10,15H,8-9,11-14,16H2,1H3. The first kappa shape index (κ1) is 17.9. The number of aromatic nitrogens is 1. The van der Waals surface area contributed by atoms with Crippen molar-refractivity contribution in [3.05, 3.63) is 59.9 Å². The zero-order valence-corrected chi connectivity index (χ0v) is 15.6. The summed E-state index contributed by atoms with van der Waals surface area (Å²) >= 11 is 0. The summed E-state index contributed by atoms with van der Waals surface area (Å²) in [6.07, 6.45) is 3.39. The van der Waals surface area contributed by atoms with Gasteiger partial charge in [-0.1, -0.05) is 30.3 Å². The van der Waals surface area contributed by atoms with Crippen molar-refractivity contribution in [2.45, 2.75) is 25.2 Å². The van der Waals surface area contributed by atoms with Gasteiger partial charge in [0.15, 0.2) is 5.79 Å². The zero-order valence-electron chi connectivity index (χ0n) is 15.6. The molecule has 0 N–H and O–H groups in total. The van der Waals surface area contributed by atoms with E-state index in [2.05, 4.69) is 9.88 Å². The van der Waals surface area contributed by atoms with Crippen LogP contribution in [0.25, 0.3) is 0 Å². The van der Waals surface area contributed by atoms with Crippen molar-refractivity contribution in [3.63, 3.8) is 0 Å². The van der Waals surface area contributed by atoms with Gasteiger partial charge in [-0.15, -0.1) is 0 Å². The second-order valence-electron chi connectivity index (χ2n) is 7.14. The minimum absolute atomic E-state index is 0.0726. The van der Waals surface area contributed by atoms with Crippen LogP contribution in [0.2, 0.25) is 0 Å². The highest BCUT2D eigenvalue weighted by Crippen LogP contribution is 2.33. The fourth-order valence-corrected chi connectivity index (χ4v) is 3.75. The molecule has 0 atom stereocenters. The van der Waals surface area contributed by atoms with Crippen molar-refractivity contribution >= 4 is 11.6 Å². The van der Waals surface area contributed by atoms with Crippen molar-refractivity contribution in [1.82, 2.24) is 9.88 Å². The average molecular weight is 367 g/mol. The maximum atomic E-state index is 12.8. The summed E-state index contributed by atoms with van der Waals surface area (Å²) in [5.41, 5.74) is 2.59. The van der Waals surface area contributed by atoms with Crippen LogP contribution in [0.5, 0.6) is 0 Å². The van der Waals surface area contributed by atoms with Gasteiger partial charge < -0.3 is 19.3 Å². The molecule has 2 saturated heterocycles. The van der Waals surface area contributed by atoms with Gasteiger partial charge in [0.05, 0.1) is 13.2 Å². The van der Waals surface area contributed by atoms with E-state index in [0.717, 1.165) is 37.2 Å². The second kappa shape index (κ2) is 7.66. The third-order valence-corrected chi connectivity index (χ3v) is 5.28. The number of carbonyl (C=O) groups is 1. The SMILES string of the molecule is CN(Cc1ccccc1)C(=O)c1cc(N2CCC3(CC2)OCCO3)ccn1. The number of anilines is 1. The van der Waals surface area contributed by atoms with Gasteiger partial charge in [-0.05, 0) is 17.7 Å². The summed E-state index contributed by atoms with van der Waals surface area (Å²) in [7, 11) is 1.81. The zero-order chi connectivity index (χ0) is 18.7. The summed E-state index contributed by atoms with van der Waals surface area (Å²) < 4.78 is 11.6. The quantitative estimate of drug-likeness (QED) is 0.832. The van der Waals surface area contributed by atoms with Crippen molar-refractivity contribution in [1.29, 1.82) is 0 Å². The van der Waals surface area contributed by atoms with Crippen molar-refractivity contribution in [3.8, 4) is 0 Å². The number of rotatable bonds is 4. The van der Waals surface area contributed by atoms with Crippen LogP contribution in [-0.2, 0) is 16.0 Å². The van der Waals surface area contributed by atoms with E-state index in [4.69, 9.17) is 9.47 Å². The summed E-state index contributed by atoms with van der Waals surface area (Å²) in [5.74, 6) is -0.463. The fraction of sp³-hybridized carbons (Fsp3) is 0.429. The lowest BCUT2D eigenvalue weighted by molar-refractivity contribution is -0.169. The molecule has 0 radical (unpaired) electrons. The molecule has 1 spiro atoms. The first-order valence-electron chi connectivity index (χ1n) is 9.44. The van der Waals surface area contributed by atoms with Gasteiger partial charge in [-0.3, -0.25) is 9.78 Å². The number of ether oxygens (including phenoxy) is 2. The molecule has 2 aliphatic rings. The predicted octanol–water partition coefficient (Wildman–Crippen LogP) is 2.70. The number of hydrogen-bond donors (Lipinski definition) is 0. The number of amides is 1. The fourth-order valence-electron chi connectivity index (χ4n) is 3.75. The molecule has 2 fully saturated rings. The van der Waals surface area contributed by atoms with Gasteiger partial charge in [0.2, 0.25) is 0 Å². The highest BCUT2D eigenvalue weighted by Gasteiger charge is 2.39. The third kappa shape index (κ3) is 3.96. The van der Waals surface area contributed by atoms with E-state index in [0.29, 0.717) is 25.5 Å². The highest BCUT2D eigenvalue weighted by molar-refractivity contribution is 5.93. The predicted molar refractivity (Wildman–Crippen MR) is 103 cm³/mol. The van der Waals surface area contributed by atoms with Gasteiger partial charge in [0.25, 0.3) is 5.91 Å². The van der Waals surface area contributed by atoms with E-state index in [-0.39, 0.29) is 5.91 Å². The molecule has 6 nitrogen and oxygen atoms in total. The van der Waals surface area contributed by atoms with Crippen LogP contribution in [0.15, 0.2) is 48.7 Å². The Morgan fingerprint density at radius 3 is 2.56 bits per heavy atom. The Morgan fingerprint density at radius 1 is 1.15 bits per heavy atom. The number of carbonyl (C=O) groups excluding carboxylic acids is 1. The monoisotopic (exact) mass is 367 g/mol. The molecule has 0 aliphatic carbocycles. The molecule has 6 heteroatoms. The van der Waals surface area contributed by atoms with Crippen molar-refractivity contribution in [2.24, 2.45) is 0 Å². The van der Waals surface area contributed by atoms with Crippen LogP contribution in [-0.4, -0.2) is 54.9 Å². The number of nitrogens with zero attached hydrogens (tertiary/aromatic N) is 3. The second-order valence-corrected chi connectivity index (χ2v) is 7.14. The van der Waals surface area contributed by atoms with Gasteiger partial charge in [-0.2, -0.15) is 0 Å². The molecule has 4 rings (SSSR count). The van der Waals surface area contributed by atoms with E-state index in [1.54, 1.807) is 11.1 Å². The first-order chi connectivity index (χ1) is 13.2. The Hall–Kier alpha value is -2.44. The van der Waals surface area contributed by atoms with E-state index >= 15 is 0 Å². The van der Waals surface area contributed by atoms with Crippen molar-refractivity contribution in [2.75, 3.05) is 38.3 Å². The number of benzene rings is 1. The van der Waals surface area contributed by atoms with E-state index in [9.17, 15) is 4.79 Å². The first-order valence-corrected chi connectivity index (χ1v) is 9.44. The largest absolute Gasteiger partial charge is 0.371 e. The van der Waals surface area contributed by atoms with Gasteiger partial charge >= 0.3 is 0 Å².